The van der Waals surface area contributed by atoms with Gasteiger partial charge in [-0.15, -0.1) is 0 Å². The molecule has 2 aromatic carbocycles. The Balaban J connectivity index is 1.38. The maximum Gasteiger partial charge on any atom is 0.240 e. The van der Waals surface area contributed by atoms with Gasteiger partial charge in [0.25, 0.3) is 0 Å². The lowest BCUT2D eigenvalue weighted by atomic mass is 10.00. The Morgan fingerprint density at radius 1 is 0.966 bits per heavy atom. The average molecular weight is 411 g/mol. The van der Waals surface area contributed by atoms with Crippen LogP contribution in [-0.2, 0) is 26.8 Å². The van der Waals surface area contributed by atoms with E-state index in [0.29, 0.717) is 32.4 Å². The number of likely N-dealkylation sites (tertiary alicyclic amines) is 1. The molecule has 0 aliphatic carbocycles. The molecule has 1 unspecified atom stereocenters. The second-order valence-electron chi connectivity index (χ2n) is 7.72. The van der Waals surface area contributed by atoms with Gasteiger partial charge in [0.2, 0.25) is 11.8 Å². The van der Waals surface area contributed by atoms with Crippen LogP contribution in [0, 0.1) is 0 Å². The van der Waals surface area contributed by atoms with Crippen LogP contribution < -0.4 is 4.90 Å². The number of piperidine rings is 1. The Kier molecular flexibility index (Phi) is 5.81. The monoisotopic (exact) mass is 410 g/mol. The van der Waals surface area contributed by atoms with Gasteiger partial charge < -0.3 is 4.90 Å². The summed E-state index contributed by atoms with van der Waals surface area (Å²) in [6.07, 6.45) is 3.36. The number of carbonyl (C=O) groups excluding carboxylic acids is 2. The predicted octanol–water partition coefficient (Wildman–Crippen LogP) is 3.12. The van der Waals surface area contributed by atoms with Crippen molar-refractivity contribution < 1.29 is 13.8 Å². The summed E-state index contributed by atoms with van der Waals surface area (Å²) in [5.41, 5.74) is 2.04. The lowest BCUT2D eigenvalue weighted by Crippen LogP contribution is -2.56. The molecule has 2 aliphatic heterocycles. The normalized spacial score (nSPS) is 21.0. The first-order valence-electron chi connectivity index (χ1n) is 10.2. The maximum atomic E-state index is 12.9. The first-order valence-corrected chi connectivity index (χ1v) is 11.5. The molecule has 0 saturated carbocycles. The van der Waals surface area contributed by atoms with Crippen LogP contribution in [-0.4, -0.2) is 44.6 Å². The fourth-order valence-electron chi connectivity index (χ4n) is 4.40. The van der Waals surface area contributed by atoms with Gasteiger partial charge in [-0.25, -0.2) is 0 Å². The molecule has 0 N–H and O–H groups in total. The van der Waals surface area contributed by atoms with Gasteiger partial charge in [0.1, 0.15) is 10.6 Å². The van der Waals surface area contributed by atoms with Crippen molar-refractivity contribution >= 4 is 28.3 Å². The van der Waals surface area contributed by atoms with E-state index in [-0.39, 0.29) is 17.6 Å². The molecule has 152 valence electrons. The lowest BCUT2D eigenvalue weighted by molar-refractivity contribution is -0.132. The number of hydrogen-bond donors (Lipinski definition) is 0. The van der Waals surface area contributed by atoms with E-state index in [2.05, 4.69) is 12.1 Å². The number of para-hydroxylation sites is 1. The first-order chi connectivity index (χ1) is 14.1. The highest BCUT2D eigenvalue weighted by molar-refractivity contribution is 7.88. The summed E-state index contributed by atoms with van der Waals surface area (Å²) in [6, 6.07) is 19.7. The zero-order chi connectivity index (χ0) is 20.3. The quantitative estimate of drug-likeness (QED) is 0.761. The third kappa shape index (κ3) is 3.99. The molecule has 29 heavy (non-hydrogen) atoms. The second-order valence-corrected chi connectivity index (χ2v) is 9.46. The van der Waals surface area contributed by atoms with Crippen LogP contribution in [0.3, 0.4) is 0 Å². The number of aryl methyl sites for hydroxylation is 1. The summed E-state index contributed by atoms with van der Waals surface area (Å²) >= 11 is 0. The highest BCUT2D eigenvalue weighted by atomic mass is 32.2. The summed E-state index contributed by atoms with van der Waals surface area (Å²) in [7, 11) is -1.25. The summed E-state index contributed by atoms with van der Waals surface area (Å²) in [4.78, 5) is 28.2. The molecule has 0 aromatic heterocycles. The average Bonchev–Trinajstić information content (AvgIpc) is 2.99. The highest BCUT2D eigenvalue weighted by Gasteiger charge is 2.53. The molecule has 2 amide bonds. The maximum absolute atomic E-state index is 12.9. The SMILES string of the molecule is O=C(CCCc1ccccc1)N1CCC2(CC1)N(c1ccccc1)C(=O)CS2=O. The van der Waals surface area contributed by atoms with E-state index in [0.717, 1.165) is 18.5 Å². The van der Waals surface area contributed by atoms with Gasteiger partial charge in [-0.05, 0) is 30.5 Å². The number of anilines is 1. The zero-order valence-corrected chi connectivity index (χ0v) is 17.3. The van der Waals surface area contributed by atoms with Gasteiger partial charge in [0, 0.05) is 38.0 Å². The molecule has 0 radical (unpaired) electrons. The molecule has 4 rings (SSSR count). The number of nitrogens with zero attached hydrogens (tertiary/aromatic N) is 2. The Hall–Kier alpha value is -2.47. The molecule has 1 spiro atoms. The molecule has 6 heteroatoms. The fraction of sp³-hybridized carbons (Fsp3) is 0.391. The molecular weight excluding hydrogens is 384 g/mol. The van der Waals surface area contributed by atoms with Crippen LogP contribution in [0.1, 0.15) is 31.2 Å². The predicted molar refractivity (Wildman–Crippen MR) is 115 cm³/mol. The van der Waals surface area contributed by atoms with E-state index >= 15 is 0 Å². The van der Waals surface area contributed by atoms with Gasteiger partial charge in [0.05, 0.1) is 10.8 Å². The lowest BCUT2D eigenvalue weighted by Gasteiger charge is -2.43. The van der Waals surface area contributed by atoms with Gasteiger partial charge in [-0.3, -0.25) is 18.7 Å². The van der Waals surface area contributed by atoms with Crippen molar-refractivity contribution in [1.82, 2.24) is 4.90 Å². The van der Waals surface area contributed by atoms with Crippen molar-refractivity contribution in [2.24, 2.45) is 0 Å². The first kappa shape index (κ1) is 19.8. The molecule has 2 fully saturated rings. The van der Waals surface area contributed by atoms with Crippen LogP contribution in [0.25, 0.3) is 0 Å². The molecule has 5 nitrogen and oxygen atoms in total. The largest absolute Gasteiger partial charge is 0.342 e. The van der Waals surface area contributed by atoms with Crippen LogP contribution in [0.4, 0.5) is 5.69 Å². The summed E-state index contributed by atoms with van der Waals surface area (Å²) in [5, 5.41) is 0. The Bertz CT molecular complexity index is 893. The minimum atomic E-state index is -1.25. The third-order valence-corrected chi connectivity index (χ3v) is 7.89. The standard InChI is InChI=1S/C23H26N2O3S/c26-21(13-7-10-19-8-3-1-4-9-19)24-16-14-23(15-17-24)25(22(27)18-29(23)28)20-11-5-2-6-12-20/h1-6,8-9,11-12H,7,10,13-18H2. The summed E-state index contributed by atoms with van der Waals surface area (Å²) < 4.78 is 12.9. The number of hydrogen-bond acceptors (Lipinski definition) is 3. The van der Waals surface area contributed by atoms with Crippen molar-refractivity contribution in [3.8, 4) is 0 Å². The van der Waals surface area contributed by atoms with Gasteiger partial charge in [-0.2, -0.15) is 0 Å². The van der Waals surface area contributed by atoms with Crippen molar-refractivity contribution in [2.75, 3.05) is 23.7 Å². The van der Waals surface area contributed by atoms with Crippen LogP contribution in [0.2, 0.25) is 0 Å². The molecule has 2 saturated heterocycles. The number of carbonyl (C=O) groups is 2. The van der Waals surface area contributed by atoms with Crippen molar-refractivity contribution in [3.05, 3.63) is 66.2 Å². The minimum Gasteiger partial charge on any atom is -0.342 e. The summed E-state index contributed by atoms with van der Waals surface area (Å²) in [6.45, 7) is 1.10. The van der Waals surface area contributed by atoms with E-state index < -0.39 is 15.7 Å². The molecule has 2 heterocycles. The molecule has 2 aliphatic rings. The van der Waals surface area contributed by atoms with E-state index in [1.807, 2.05) is 53.4 Å². The second kappa shape index (κ2) is 8.49. The fourth-order valence-corrected chi connectivity index (χ4v) is 6.07. The van der Waals surface area contributed by atoms with Crippen LogP contribution >= 0.6 is 0 Å². The smallest absolute Gasteiger partial charge is 0.240 e. The van der Waals surface area contributed by atoms with Gasteiger partial charge in [0.15, 0.2) is 0 Å². The Labute approximate surface area is 174 Å². The molecule has 0 bridgehead atoms. The number of benzene rings is 2. The van der Waals surface area contributed by atoms with E-state index in [1.54, 1.807) is 4.90 Å². The van der Waals surface area contributed by atoms with Gasteiger partial charge in [-0.1, -0.05) is 48.5 Å². The van der Waals surface area contributed by atoms with Crippen LogP contribution in [0.5, 0.6) is 0 Å². The van der Waals surface area contributed by atoms with Crippen molar-refractivity contribution in [1.29, 1.82) is 0 Å². The van der Waals surface area contributed by atoms with Crippen LogP contribution in [0.15, 0.2) is 60.7 Å². The Morgan fingerprint density at radius 3 is 2.24 bits per heavy atom. The van der Waals surface area contributed by atoms with E-state index in [9.17, 15) is 13.8 Å². The number of amides is 2. The van der Waals surface area contributed by atoms with Crippen molar-refractivity contribution in [2.45, 2.75) is 37.0 Å². The molecule has 1 atom stereocenters. The highest BCUT2D eigenvalue weighted by Crippen LogP contribution is 2.40. The van der Waals surface area contributed by atoms with E-state index in [1.165, 1.54) is 5.56 Å². The van der Waals surface area contributed by atoms with Crippen molar-refractivity contribution in [3.63, 3.8) is 0 Å². The molecular formula is C23H26N2O3S. The topological polar surface area (TPSA) is 57.7 Å². The number of rotatable bonds is 5. The zero-order valence-electron chi connectivity index (χ0n) is 16.5. The Morgan fingerprint density at radius 2 is 1.59 bits per heavy atom. The van der Waals surface area contributed by atoms with Gasteiger partial charge >= 0.3 is 0 Å². The molecule has 2 aromatic rings. The third-order valence-electron chi connectivity index (χ3n) is 5.95. The van der Waals surface area contributed by atoms with E-state index in [4.69, 9.17) is 0 Å². The summed E-state index contributed by atoms with van der Waals surface area (Å²) in [5.74, 6) is 0.134. The minimum absolute atomic E-state index is 0.0694.